The van der Waals surface area contributed by atoms with Gasteiger partial charge in [-0.25, -0.2) is 14.4 Å². The number of hydrogen-bond donors (Lipinski definition) is 0. The van der Waals surface area contributed by atoms with E-state index in [1.807, 2.05) is 6.07 Å². The molecule has 0 spiro atoms. The first-order valence-corrected chi connectivity index (χ1v) is 13.4. The van der Waals surface area contributed by atoms with E-state index in [9.17, 15) is 4.39 Å². The number of hydrogen-bond acceptors (Lipinski definition) is 4. The molecule has 35 heavy (non-hydrogen) atoms. The highest BCUT2D eigenvalue weighted by Gasteiger charge is 2.26. The molecule has 4 rings (SSSR count). The Labute approximate surface area is 214 Å². The Morgan fingerprint density at radius 1 is 1.09 bits per heavy atom. The Morgan fingerprint density at radius 2 is 1.80 bits per heavy atom. The minimum Gasteiger partial charge on any atom is -0.374 e. The van der Waals surface area contributed by atoms with Gasteiger partial charge in [-0.2, -0.15) is 0 Å². The third-order valence-electron chi connectivity index (χ3n) is 7.59. The van der Waals surface area contributed by atoms with Crippen LogP contribution in [0.3, 0.4) is 0 Å². The number of anilines is 1. The zero-order valence-electron chi connectivity index (χ0n) is 21.0. The molecule has 0 unspecified atom stereocenters. The van der Waals surface area contributed by atoms with Crippen molar-refractivity contribution in [3.63, 3.8) is 0 Å². The maximum atomic E-state index is 14.7. The molecule has 4 nitrogen and oxygen atoms in total. The summed E-state index contributed by atoms with van der Waals surface area (Å²) in [5.41, 5.74) is 3.95. The van der Waals surface area contributed by atoms with Gasteiger partial charge in [0, 0.05) is 38.3 Å². The number of halogens is 2. The van der Waals surface area contributed by atoms with Gasteiger partial charge in [0.1, 0.15) is 5.82 Å². The Kier molecular flexibility index (Phi) is 8.83. The van der Waals surface area contributed by atoms with Gasteiger partial charge in [-0.1, -0.05) is 55.8 Å². The van der Waals surface area contributed by atoms with Crippen LogP contribution in [0.1, 0.15) is 56.6 Å². The molecule has 1 aromatic carbocycles. The molecule has 188 valence electrons. The van der Waals surface area contributed by atoms with Crippen molar-refractivity contribution in [1.82, 2.24) is 14.9 Å². The molecule has 2 aliphatic rings. The quantitative estimate of drug-likeness (QED) is 0.318. The Bertz CT molecular complexity index is 1010. The van der Waals surface area contributed by atoms with Gasteiger partial charge in [-0.05, 0) is 67.6 Å². The smallest absolute Gasteiger partial charge is 0.225 e. The van der Waals surface area contributed by atoms with E-state index < -0.39 is 0 Å². The van der Waals surface area contributed by atoms with E-state index in [-0.39, 0.29) is 5.82 Å². The summed E-state index contributed by atoms with van der Waals surface area (Å²) in [5.74, 6) is 2.15. The van der Waals surface area contributed by atoms with Crippen LogP contribution in [0.15, 0.2) is 55.0 Å². The van der Waals surface area contributed by atoms with Crippen LogP contribution >= 0.6 is 11.6 Å². The zero-order chi connectivity index (χ0) is 24.8. The molecule has 1 aromatic heterocycles. The largest absolute Gasteiger partial charge is 0.374 e. The summed E-state index contributed by atoms with van der Waals surface area (Å²) >= 11 is 5.89. The summed E-state index contributed by atoms with van der Waals surface area (Å²) < 4.78 is 14.7. The summed E-state index contributed by atoms with van der Waals surface area (Å²) in [6.07, 6.45) is 11.5. The molecule has 2 aliphatic heterocycles. The van der Waals surface area contributed by atoms with Crippen LogP contribution in [-0.2, 0) is 12.8 Å². The number of nitrogens with zero attached hydrogens (tertiary/aromatic N) is 4. The maximum Gasteiger partial charge on any atom is 0.225 e. The first-order valence-electron chi connectivity index (χ1n) is 13.0. The molecular formula is C29H38ClFN4. The van der Waals surface area contributed by atoms with Gasteiger partial charge < -0.3 is 9.80 Å². The van der Waals surface area contributed by atoms with Crippen LogP contribution in [0, 0.1) is 17.7 Å². The normalized spacial score (nSPS) is 16.9. The monoisotopic (exact) mass is 496 g/mol. The molecule has 2 saturated heterocycles. The van der Waals surface area contributed by atoms with Crippen molar-refractivity contribution in [2.45, 2.75) is 58.3 Å². The fourth-order valence-corrected chi connectivity index (χ4v) is 5.27. The van der Waals surface area contributed by atoms with E-state index in [1.54, 1.807) is 18.5 Å². The van der Waals surface area contributed by atoms with Gasteiger partial charge in [0.2, 0.25) is 5.95 Å². The van der Waals surface area contributed by atoms with Gasteiger partial charge >= 0.3 is 0 Å². The molecule has 0 bridgehead atoms. The molecule has 2 fully saturated rings. The van der Waals surface area contributed by atoms with Crippen molar-refractivity contribution in [2.24, 2.45) is 11.8 Å². The second kappa shape index (κ2) is 12.0. The predicted molar refractivity (Wildman–Crippen MR) is 143 cm³/mol. The fraction of sp³-hybridized carbons (Fsp3) is 0.517. The summed E-state index contributed by atoms with van der Waals surface area (Å²) in [6.45, 7) is 14.8. The number of aromatic nitrogens is 2. The van der Waals surface area contributed by atoms with Crippen molar-refractivity contribution >= 4 is 17.5 Å². The van der Waals surface area contributed by atoms with E-state index in [0.717, 1.165) is 92.9 Å². The zero-order valence-corrected chi connectivity index (χ0v) is 21.7. The molecule has 0 amide bonds. The molecule has 3 heterocycles. The Hall–Kier alpha value is -2.40. The molecule has 0 N–H and O–H groups in total. The molecule has 6 heteroatoms. The highest BCUT2D eigenvalue weighted by Crippen LogP contribution is 2.27. The van der Waals surface area contributed by atoms with Crippen molar-refractivity contribution in [1.29, 1.82) is 0 Å². The summed E-state index contributed by atoms with van der Waals surface area (Å²) in [4.78, 5) is 13.2. The van der Waals surface area contributed by atoms with Crippen LogP contribution in [0.4, 0.5) is 10.3 Å². The summed E-state index contributed by atoms with van der Waals surface area (Å²) in [7, 11) is 0. The summed E-state index contributed by atoms with van der Waals surface area (Å²) in [6, 6.07) is 5.67. The third-order valence-corrected chi connectivity index (χ3v) is 7.79. The standard InChI is InChI=1S/C29H38ClFN4/c1-4-23-19-35(20-23)22(3)15-26-9-8-25(16-28(26)31)14-21(2)6-5-7-24-10-12-34(13-11-24)29-32-17-27(30)18-33-29/h8-9,16-18,23-24H,2-7,10-15,19-20H2,1H3. The van der Waals surface area contributed by atoms with Crippen molar-refractivity contribution in [3.8, 4) is 0 Å². The van der Waals surface area contributed by atoms with E-state index in [0.29, 0.717) is 11.4 Å². The van der Waals surface area contributed by atoms with Crippen molar-refractivity contribution < 1.29 is 4.39 Å². The van der Waals surface area contributed by atoms with Gasteiger partial charge in [0.05, 0.1) is 17.4 Å². The van der Waals surface area contributed by atoms with Crippen LogP contribution in [-0.4, -0.2) is 41.0 Å². The first-order chi connectivity index (χ1) is 16.9. The maximum absolute atomic E-state index is 14.7. The lowest BCUT2D eigenvalue weighted by atomic mass is 9.90. The highest BCUT2D eigenvalue weighted by molar-refractivity contribution is 6.30. The predicted octanol–water partition coefficient (Wildman–Crippen LogP) is 6.85. The van der Waals surface area contributed by atoms with Gasteiger partial charge in [0.25, 0.3) is 0 Å². The minimum absolute atomic E-state index is 0.125. The van der Waals surface area contributed by atoms with E-state index in [2.05, 4.69) is 45.9 Å². The topological polar surface area (TPSA) is 32.3 Å². The van der Waals surface area contributed by atoms with Crippen LogP contribution < -0.4 is 4.90 Å². The molecule has 0 radical (unpaired) electrons. The number of piperidine rings is 1. The molecule has 0 saturated carbocycles. The first kappa shape index (κ1) is 25.7. The van der Waals surface area contributed by atoms with E-state index in [1.165, 1.54) is 18.4 Å². The number of benzene rings is 1. The number of rotatable bonds is 11. The molecule has 2 aromatic rings. The van der Waals surface area contributed by atoms with Crippen LogP contribution in [0.5, 0.6) is 0 Å². The Balaban J connectivity index is 1.15. The van der Waals surface area contributed by atoms with Gasteiger partial charge in [-0.15, -0.1) is 0 Å². The number of likely N-dealkylation sites (tertiary alicyclic amines) is 1. The third kappa shape index (κ3) is 7.07. The minimum atomic E-state index is -0.125. The van der Waals surface area contributed by atoms with E-state index in [4.69, 9.17) is 11.6 Å². The molecule has 0 aliphatic carbocycles. The Morgan fingerprint density at radius 3 is 2.46 bits per heavy atom. The fourth-order valence-electron chi connectivity index (χ4n) is 5.17. The van der Waals surface area contributed by atoms with Gasteiger partial charge in [0.15, 0.2) is 0 Å². The van der Waals surface area contributed by atoms with Crippen molar-refractivity contribution in [2.75, 3.05) is 31.1 Å². The SMILES string of the molecule is C=C(CCCC1CCN(c2ncc(Cl)cn2)CC1)Cc1ccc(CC(=C)N2CC(CC)C2)c(F)c1. The molecule has 0 atom stereocenters. The highest BCUT2D eigenvalue weighted by atomic mass is 35.5. The number of allylic oxidation sites excluding steroid dienone is 2. The molecular weight excluding hydrogens is 459 g/mol. The van der Waals surface area contributed by atoms with Crippen LogP contribution in [0.25, 0.3) is 0 Å². The average molecular weight is 497 g/mol. The lowest BCUT2D eigenvalue weighted by molar-refractivity contribution is 0.137. The van der Waals surface area contributed by atoms with Crippen molar-refractivity contribution in [3.05, 3.63) is 77.0 Å². The lowest BCUT2D eigenvalue weighted by Crippen LogP contribution is -2.45. The average Bonchev–Trinajstić information content (AvgIpc) is 2.81. The van der Waals surface area contributed by atoms with Crippen LogP contribution in [0.2, 0.25) is 5.02 Å². The van der Waals surface area contributed by atoms with E-state index >= 15 is 0 Å². The second-order valence-electron chi connectivity index (χ2n) is 10.3. The second-order valence-corrected chi connectivity index (χ2v) is 10.7. The lowest BCUT2D eigenvalue weighted by Gasteiger charge is -2.42. The van der Waals surface area contributed by atoms with Gasteiger partial charge in [-0.3, -0.25) is 0 Å². The summed E-state index contributed by atoms with van der Waals surface area (Å²) in [5, 5.41) is 0.570.